The van der Waals surface area contributed by atoms with E-state index in [0.29, 0.717) is 11.8 Å². The number of benzene rings is 1. The van der Waals surface area contributed by atoms with Gasteiger partial charge in [0.1, 0.15) is 5.60 Å². The fourth-order valence-corrected chi connectivity index (χ4v) is 3.21. The van der Waals surface area contributed by atoms with E-state index in [1.54, 1.807) is 0 Å². The summed E-state index contributed by atoms with van der Waals surface area (Å²) in [4.78, 5) is 14.1. The molecule has 1 aromatic rings. The summed E-state index contributed by atoms with van der Waals surface area (Å²) in [6.45, 7) is 14.9. The average Bonchev–Trinajstić information content (AvgIpc) is 2.52. The van der Waals surface area contributed by atoms with Gasteiger partial charge in [-0.3, -0.25) is 0 Å². The Hall–Kier alpha value is -1.71. The van der Waals surface area contributed by atoms with Crippen molar-refractivity contribution in [1.82, 2.24) is 4.90 Å². The molecule has 1 N–H and O–H groups in total. The van der Waals surface area contributed by atoms with Crippen molar-refractivity contribution in [3.05, 3.63) is 29.3 Å². The second-order valence-corrected chi connectivity index (χ2v) is 8.59. The highest BCUT2D eigenvalue weighted by Gasteiger charge is 2.28. The number of anilines is 1. The van der Waals surface area contributed by atoms with E-state index >= 15 is 0 Å². The number of piperidine rings is 1. The van der Waals surface area contributed by atoms with Crippen LogP contribution in [0.4, 0.5) is 10.5 Å². The molecule has 1 fully saturated rings. The van der Waals surface area contributed by atoms with E-state index in [9.17, 15) is 4.79 Å². The van der Waals surface area contributed by atoms with Gasteiger partial charge in [0, 0.05) is 25.3 Å². The zero-order valence-corrected chi connectivity index (χ0v) is 16.7. The number of rotatable bonds is 4. The van der Waals surface area contributed by atoms with Crippen LogP contribution in [0.1, 0.15) is 64.5 Å². The minimum Gasteiger partial charge on any atom is -0.444 e. The molecule has 1 amide bonds. The van der Waals surface area contributed by atoms with Gasteiger partial charge < -0.3 is 15.0 Å². The highest BCUT2D eigenvalue weighted by atomic mass is 16.6. The molecule has 0 unspecified atom stereocenters. The van der Waals surface area contributed by atoms with Crippen molar-refractivity contribution in [3.63, 3.8) is 0 Å². The molecule has 0 atom stereocenters. The first-order valence-corrected chi connectivity index (χ1v) is 9.48. The molecule has 2 rings (SSSR count). The van der Waals surface area contributed by atoms with Gasteiger partial charge in [-0.15, -0.1) is 0 Å². The van der Waals surface area contributed by atoms with Crippen molar-refractivity contribution >= 4 is 11.8 Å². The fraction of sp³-hybridized carbons (Fsp3) is 0.667. The van der Waals surface area contributed by atoms with E-state index in [4.69, 9.17) is 4.74 Å². The molecule has 4 heteroatoms. The van der Waals surface area contributed by atoms with Gasteiger partial charge in [0.05, 0.1) is 0 Å². The number of amides is 1. The van der Waals surface area contributed by atoms with Crippen LogP contribution in [0, 0.1) is 12.8 Å². The second-order valence-electron chi connectivity index (χ2n) is 8.59. The first-order valence-electron chi connectivity index (χ1n) is 9.48. The zero-order valence-electron chi connectivity index (χ0n) is 16.7. The van der Waals surface area contributed by atoms with Crippen LogP contribution in [0.25, 0.3) is 0 Å². The number of nitrogens with zero attached hydrogens (tertiary/aromatic N) is 1. The second kappa shape index (κ2) is 8.11. The summed E-state index contributed by atoms with van der Waals surface area (Å²) in [6, 6.07) is 6.67. The Morgan fingerprint density at radius 2 is 1.92 bits per heavy atom. The first kappa shape index (κ1) is 19.6. The zero-order chi connectivity index (χ0) is 18.6. The summed E-state index contributed by atoms with van der Waals surface area (Å²) < 4.78 is 5.49. The molecule has 0 bridgehead atoms. The molecule has 25 heavy (non-hydrogen) atoms. The van der Waals surface area contributed by atoms with Gasteiger partial charge in [0.25, 0.3) is 0 Å². The normalized spacial score (nSPS) is 16.2. The highest BCUT2D eigenvalue weighted by molar-refractivity contribution is 5.68. The lowest BCUT2D eigenvalue weighted by Crippen LogP contribution is -2.41. The van der Waals surface area contributed by atoms with Gasteiger partial charge in [-0.2, -0.15) is 0 Å². The lowest BCUT2D eigenvalue weighted by atomic mass is 9.86. The topological polar surface area (TPSA) is 41.6 Å². The van der Waals surface area contributed by atoms with Crippen molar-refractivity contribution in [1.29, 1.82) is 0 Å². The summed E-state index contributed by atoms with van der Waals surface area (Å²) in [5.41, 5.74) is 3.52. The number of aryl methyl sites for hydroxylation is 1. The lowest BCUT2D eigenvalue weighted by molar-refractivity contribution is 0.0205. The quantitative estimate of drug-likeness (QED) is 0.817. The molecule has 4 nitrogen and oxygen atoms in total. The number of hydrogen-bond donors (Lipinski definition) is 1. The SMILES string of the molecule is Cc1ccc(NCC(C)C)cc1C1CCN(C(=O)OC(C)(C)C)CC1. The minimum absolute atomic E-state index is 0.185. The minimum atomic E-state index is -0.430. The van der Waals surface area contributed by atoms with Gasteiger partial charge in [-0.1, -0.05) is 19.9 Å². The third-order valence-corrected chi connectivity index (χ3v) is 4.58. The third kappa shape index (κ3) is 5.94. The molecular weight excluding hydrogens is 312 g/mol. The maximum Gasteiger partial charge on any atom is 0.410 e. The van der Waals surface area contributed by atoms with Crippen molar-refractivity contribution in [2.24, 2.45) is 5.92 Å². The maximum atomic E-state index is 12.2. The van der Waals surface area contributed by atoms with Crippen molar-refractivity contribution < 1.29 is 9.53 Å². The Bertz CT molecular complexity index is 582. The van der Waals surface area contributed by atoms with E-state index in [1.807, 2.05) is 25.7 Å². The Labute approximate surface area is 152 Å². The maximum absolute atomic E-state index is 12.2. The molecule has 0 aliphatic carbocycles. The molecule has 1 aromatic carbocycles. The number of nitrogens with one attached hydrogen (secondary N) is 1. The number of hydrogen-bond acceptors (Lipinski definition) is 3. The molecule has 1 aliphatic heterocycles. The molecule has 1 aliphatic rings. The summed E-state index contributed by atoms with van der Waals surface area (Å²) in [7, 11) is 0. The number of likely N-dealkylation sites (tertiary alicyclic amines) is 1. The molecule has 0 saturated carbocycles. The van der Waals surface area contributed by atoms with E-state index in [1.165, 1.54) is 16.8 Å². The predicted octanol–water partition coefficient (Wildman–Crippen LogP) is 5.18. The Morgan fingerprint density at radius 3 is 2.48 bits per heavy atom. The van der Waals surface area contributed by atoms with Gasteiger partial charge in [0.2, 0.25) is 0 Å². The van der Waals surface area contributed by atoms with Gasteiger partial charge in [0.15, 0.2) is 0 Å². The summed E-state index contributed by atoms with van der Waals surface area (Å²) in [6.07, 6.45) is 1.80. The van der Waals surface area contributed by atoms with E-state index in [-0.39, 0.29) is 6.09 Å². The molecule has 140 valence electrons. The van der Waals surface area contributed by atoms with Gasteiger partial charge in [-0.05, 0) is 75.6 Å². The fourth-order valence-electron chi connectivity index (χ4n) is 3.21. The largest absolute Gasteiger partial charge is 0.444 e. The summed E-state index contributed by atoms with van der Waals surface area (Å²) in [5, 5.41) is 3.52. The van der Waals surface area contributed by atoms with E-state index < -0.39 is 5.60 Å². The summed E-state index contributed by atoms with van der Waals surface area (Å²) in [5.74, 6) is 1.14. The Balaban J connectivity index is 1.98. The van der Waals surface area contributed by atoms with Gasteiger partial charge in [-0.25, -0.2) is 4.79 Å². The Kier molecular flexibility index (Phi) is 6.36. The van der Waals surface area contributed by atoms with Crippen LogP contribution < -0.4 is 5.32 Å². The molecule has 0 radical (unpaired) electrons. The summed E-state index contributed by atoms with van der Waals surface area (Å²) >= 11 is 0. The molecule has 1 saturated heterocycles. The van der Waals surface area contributed by atoms with Crippen LogP contribution in [0.3, 0.4) is 0 Å². The smallest absolute Gasteiger partial charge is 0.410 e. The van der Waals surface area contributed by atoms with Crippen molar-refractivity contribution in [2.45, 2.75) is 65.9 Å². The number of carbonyl (C=O) groups is 1. The van der Waals surface area contributed by atoms with E-state index in [0.717, 1.165) is 32.5 Å². The van der Waals surface area contributed by atoms with Crippen molar-refractivity contribution in [2.75, 3.05) is 25.0 Å². The standard InChI is InChI=1S/C21H34N2O2/c1-15(2)14-22-18-8-7-16(3)19(13-18)17-9-11-23(12-10-17)20(24)25-21(4,5)6/h7-8,13,15,17,22H,9-12,14H2,1-6H3. The first-order chi connectivity index (χ1) is 11.7. The molecule has 0 spiro atoms. The van der Waals surface area contributed by atoms with Crippen molar-refractivity contribution in [3.8, 4) is 0 Å². The van der Waals surface area contributed by atoms with Crippen LogP contribution in [0.2, 0.25) is 0 Å². The van der Waals surface area contributed by atoms with Crippen LogP contribution in [-0.4, -0.2) is 36.2 Å². The van der Waals surface area contributed by atoms with Gasteiger partial charge >= 0.3 is 6.09 Å². The molecular formula is C21H34N2O2. The van der Waals surface area contributed by atoms with Crippen LogP contribution >= 0.6 is 0 Å². The lowest BCUT2D eigenvalue weighted by Gasteiger charge is -2.34. The van der Waals surface area contributed by atoms with Crippen LogP contribution in [-0.2, 0) is 4.74 Å². The third-order valence-electron chi connectivity index (χ3n) is 4.58. The molecule has 1 heterocycles. The molecule has 0 aromatic heterocycles. The number of carbonyl (C=O) groups excluding carboxylic acids is 1. The Morgan fingerprint density at radius 1 is 1.28 bits per heavy atom. The average molecular weight is 347 g/mol. The monoisotopic (exact) mass is 346 g/mol. The van der Waals surface area contributed by atoms with Crippen LogP contribution in [0.15, 0.2) is 18.2 Å². The number of ether oxygens (including phenoxy) is 1. The van der Waals surface area contributed by atoms with Crippen LogP contribution in [0.5, 0.6) is 0 Å². The highest BCUT2D eigenvalue weighted by Crippen LogP contribution is 2.32. The predicted molar refractivity (Wildman–Crippen MR) is 104 cm³/mol. The van der Waals surface area contributed by atoms with E-state index in [2.05, 4.69) is 44.3 Å².